The van der Waals surface area contributed by atoms with Crippen molar-refractivity contribution < 1.29 is 17.9 Å². The first-order valence-electron chi connectivity index (χ1n) is 6.00. The van der Waals surface area contributed by atoms with Crippen molar-refractivity contribution >= 4 is 25.5 Å². The Morgan fingerprint density at radius 1 is 1.24 bits per heavy atom. The van der Waals surface area contributed by atoms with Crippen molar-refractivity contribution in [3.05, 3.63) is 53.6 Å². The Kier molecular flexibility index (Phi) is 4.59. The molecule has 21 heavy (non-hydrogen) atoms. The van der Waals surface area contributed by atoms with Gasteiger partial charge in [-0.05, 0) is 18.6 Å². The molecule has 0 saturated carbocycles. The number of hydrogen-bond acceptors (Lipinski definition) is 5. The lowest BCUT2D eigenvalue weighted by Gasteiger charge is -2.08. The third kappa shape index (κ3) is 4.27. The second kappa shape index (κ2) is 6.24. The quantitative estimate of drug-likeness (QED) is 0.624. The topological polar surface area (TPSA) is 73.3 Å². The second-order valence-electron chi connectivity index (χ2n) is 4.30. The van der Waals surface area contributed by atoms with E-state index in [2.05, 4.69) is 4.98 Å². The fourth-order valence-corrected chi connectivity index (χ4v) is 2.32. The van der Waals surface area contributed by atoms with Crippen molar-refractivity contribution in [1.82, 2.24) is 4.98 Å². The van der Waals surface area contributed by atoms with Crippen LogP contribution in [0.25, 0.3) is 0 Å². The van der Waals surface area contributed by atoms with Gasteiger partial charge in [0.15, 0.2) is 10.8 Å². The van der Waals surface area contributed by atoms with E-state index in [4.69, 9.17) is 15.4 Å². The minimum atomic E-state index is -4.04. The molecule has 0 bridgehead atoms. The van der Waals surface area contributed by atoms with Crippen LogP contribution in [0.1, 0.15) is 22.8 Å². The van der Waals surface area contributed by atoms with Gasteiger partial charge in [-0.2, -0.15) is 0 Å². The normalized spacial score (nSPS) is 11.1. The number of aromatic nitrogens is 1. The number of Topliss-reactive ketones (excluding diaryl/α,β-unsaturated/α-hetero) is 1. The van der Waals surface area contributed by atoms with E-state index in [1.165, 1.54) is 13.0 Å². The monoisotopic (exact) mass is 325 g/mol. The van der Waals surface area contributed by atoms with Gasteiger partial charge in [0.05, 0.1) is 0 Å². The molecule has 2 aromatic rings. The third-order valence-corrected chi connectivity index (χ3v) is 3.85. The molecule has 0 N–H and O–H groups in total. The molecule has 0 unspecified atom stereocenters. The lowest BCUT2D eigenvalue weighted by atomic mass is 10.2. The fourth-order valence-electron chi connectivity index (χ4n) is 1.61. The first-order valence-corrected chi connectivity index (χ1v) is 8.31. The molecule has 0 fully saturated rings. The van der Waals surface area contributed by atoms with Crippen LogP contribution in [0.4, 0.5) is 0 Å². The minimum absolute atomic E-state index is 0.0331. The van der Waals surface area contributed by atoms with Crippen molar-refractivity contribution in [2.75, 3.05) is 0 Å². The Morgan fingerprint density at radius 2 is 1.90 bits per heavy atom. The van der Waals surface area contributed by atoms with Gasteiger partial charge in [0.25, 0.3) is 9.05 Å². The maximum atomic E-state index is 11.4. The van der Waals surface area contributed by atoms with Crippen molar-refractivity contribution in [1.29, 1.82) is 0 Å². The Morgan fingerprint density at radius 3 is 2.48 bits per heavy atom. The summed E-state index contributed by atoms with van der Waals surface area (Å²) in [5.41, 5.74) is 1.06. The number of nitrogens with zero attached hydrogens (tertiary/aromatic N) is 1. The highest BCUT2D eigenvalue weighted by molar-refractivity contribution is 8.13. The van der Waals surface area contributed by atoms with Crippen LogP contribution in [0, 0.1) is 0 Å². The molecule has 0 aliphatic carbocycles. The highest BCUT2D eigenvalue weighted by atomic mass is 35.7. The van der Waals surface area contributed by atoms with Crippen LogP contribution < -0.4 is 4.74 Å². The molecule has 0 atom stereocenters. The summed E-state index contributed by atoms with van der Waals surface area (Å²) in [6.07, 6.45) is 0. The third-order valence-electron chi connectivity index (χ3n) is 2.66. The summed E-state index contributed by atoms with van der Waals surface area (Å²) < 4.78 is 28.2. The van der Waals surface area contributed by atoms with E-state index in [9.17, 15) is 13.2 Å². The molecule has 1 aromatic carbocycles. The van der Waals surface area contributed by atoms with Crippen LogP contribution in [0.2, 0.25) is 0 Å². The summed E-state index contributed by atoms with van der Waals surface area (Å²) in [4.78, 5) is 15.2. The molecule has 0 spiro atoms. The summed E-state index contributed by atoms with van der Waals surface area (Å²) in [5, 5.41) is -0.403. The van der Waals surface area contributed by atoms with E-state index in [1.807, 2.05) is 30.3 Å². The number of ketones is 1. The maximum Gasteiger partial charge on any atom is 0.278 e. The van der Waals surface area contributed by atoms with Gasteiger partial charge in [-0.1, -0.05) is 30.3 Å². The van der Waals surface area contributed by atoms with E-state index in [0.717, 1.165) is 11.6 Å². The van der Waals surface area contributed by atoms with Crippen molar-refractivity contribution in [2.24, 2.45) is 0 Å². The van der Waals surface area contributed by atoms with Crippen LogP contribution in [0.5, 0.6) is 5.88 Å². The van der Waals surface area contributed by atoms with Crippen LogP contribution in [-0.2, 0) is 15.7 Å². The molecular weight excluding hydrogens is 314 g/mol. The van der Waals surface area contributed by atoms with E-state index in [1.54, 1.807) is 0 Å². The van der Waals surface area contributed by atoms with Crippen molar-refractivity contribution in [3.8, 4) is 5.88 Å². The maximum absolute atomic E-state index is 11.4. The summed E-state index contributed by atoms with van der Waals surface area (Å²) in [6, 6.07) is 11.8. The van der Waals surface area contributed by atoms with E-state index >= 15 is 0 Å². The average Bonchev–Trinajstić information content (AvgIpc) is 2.45. The van der Waals surface area contributed by atoms with Gasteiger partial charge < -0.3 is 4.74 Å². The summed E-state index contributed by atoms with van der Waals surface area (Å²) in [6.45, 7) is 1.53. The molecular formula is C14H12ClNO4S. The molecule has 0 saturated heterocycles. The Balaban J connectivity index is 2.30. The molecule has 0 aliphatic rings. The Hall–Kier alpha value is -1.92. The SMILES string of the molecule is CC(=O)c1cc(OCc2ccccc2)nc(S(=O)(=O)Cl)c1. The number of pyridine rings is 1. The first kappa shape index (κ1) is 15.5. The fraction of sp³-hybridized carbons (Fsp3) is 0.143. The lowest BCUT2D eigenvalue weighted by molar-refractivity contribution is 0.101. The van der Waals surface area contributed by atoms with Gasteiger partial charge in [0.1, 0.15) is 6.61 Å². The van der Waals surface area contributed by atoms with Gasteiger partial charge >= 0.3 is 0 Å². The first-order chi connectivity index (χ1) is 9.86. The average molecular weight is 326 g/mol. The molecule has 0 aliphatic heterocycles. The molecule has 7 heteroatoms. The number of ether oxygens (including phenoxy) is 1. The molecule has 0 radical (unpaired) electrons. The molecule has 0 amide bonds. The van der Waals surface area contributed by atoms with Gasteiger partial charge in [-0.25, -0.2) is 13.4 Å². The number of rotatable bonds is 5. The second-order valence-corrected chi connectivity index (χ2v) is 6.81. The van der Waals surface area contributed by atoms with Gasteiger partial charge in [-0.15, -0.1) is 0 Å². The molecule has 110 valence electrons. The highest BCUT2D eigenvalue weighted by Crippen LogP contribution is 2.20. The van der Waals surface area contributed by atoms with Gasteiger partial charge in [-0.3, -0.25) is 4.79 Å². The largest absolute Gasteiger partial charge is 0.473 e. The number of halogens is 1. The van der Waals surface area contributed by atoms with Crippen LogP contribution >= 0.6 is 10.7 Å². The smallest absolute Gasteiger partial charge is 0.278 e. The number of carbonyl (C=O) groups is 1. The lowest BCUT2D eigenvalue weighted by Crippen LogP contribution is -2.04. The zero-order chi connectivity index (χ0) is 15.5. The predicted molar refractivity (Wildman–Crippen MR) is 78.1 cm³/mol. The highest BCUT2D eigenvalue weighted by Gasteiger charge is 2.16. The Bertz CT molecular complexity index is 760. The molecule has 2 rings (SSSR count). The van der Waals surface area contributed by atoms with Crippen LogP contribution in [-0.4, -0.2) is 19.2 Å². The molecule has 1 heterocycles. The summed E-state index contributed by atoms with van der Waals surface area (Å²) >= 11 is 0. The number of benzene rings is 1. The minimum Gasteiger partial charge on any atom is -0.473 e. The van der Waals surface area contributed by atoms with Gasteiger partial charge in [0, 0.05) is 22.3 Å². The number of hydrogen-bond donors (Lipinski definition) is 0. The number of carbonyl (C=O) groups excluding carboxylic acids is 1. The Labute approximate surface area is 127 Å². The van der Waals surface area contributed by atoms with E-state index < -0.39 is 14.1 Å². The zero-order valence-corrected chi connectivity index (χ0v) is 12.7. The molecule has 5 nitrogen and oxygen atoms in total. The standard InChI is InChI=1S/C14H12ClNO4S/c1-10(17)12-7-13(16-14(8-12)21(15,18)19)20-9-11-5-3-2-4-6-11/h2-8H,9H2,1H3. The molecule has 1 aromatic heterocycles. The van der Waals surface area contributed by atoms with Crippen LogP contribution in [0.3, 0.4) is 0 Å². The van der Waals surface area contributed by atoms with Gasteiger partial charge in [0.2, 0.25) is 5.88 Å². The van der Waals surface area contributed by atoms with Crippen molar-refractivity contribution in [3.63, 3.8) is 0 Å². The predicted octanol–water partition coefficient (Wildman–Crippen LogP) is 2.79. The zero-order valence-electron chi connectivity index (χ0n) is 11.1. The van der Waals surface area contributed by atoms with E-state index in [0.29, 0.717) is 0 Å². The van der Waals surface area contributed by atoms with E-state index in [-0.39, 0.29) is 23.8 Å². The summed E-state index contributed by atoms with van der Waals surface area (Å²) in [5.74, 6) is -0.269. The van der Waals surface area contributed by atoms with Crippen LogP contribution in [0.15, 0.2) is 47.5 Å². The summed E-state index contributed by atoms with van der Waals surface area (Å²) in [7, 11) is 1.23. The van der Waals surface area contributed by atoms with Crippen molar-refractivity contribution in [2.45, 2.75) is 18.6 Å².